The molecular formula is C15H15BrO. The van der Waals surface area contributed by atoms with E-state index in [0.717, 1.165) is 16.5 Å². The first-order chi connectivity index (χ1) is 8.24. The van der Waals surface area contributed by atoms with Gasteiger partial charge in [-0.3, -0.25) is 0 Å². The highest BCUT2D eigenvalue weighted by atomic mass is 79.9. The van der Waals surface area contributed by atoms with E-state index in [1.807, 2.05) is 30.4 Å². The van der Waals surface area contributed by atoms with Crippen molar-refractivity contribution in [1.82, 2.24) is 0 Å². The van der Waals surface area contributed by atoms with E-state index in [1.54, 1.807) is 0 Å². The maximum atomic E-state index is 5.97. The predicted octanol–water partition coefficient (Wildman–Crippen LogP) is 4.41. The van der Waals surface area contributed by atoms with Crippen molar-refractivity contribution in [1.29, 1.82) is 0 Å². The van der Waals surface area contributed by atoms with E-state index in [1.165, 1.54) is 0 Å². The summed E-state index contributed by atoms with van der Waals surface area (Å²) < 4.78 is 7.06. The van der Waals surface area contributed by atoms with Crippen molar-refractivity contribution in [3.63, 3.8) is 0 Å². The van der Waals surface area contributed by atoms with Gasteiger partial charge in [-0.1, -0.05) is 58.9 Å². The smallest absolute Gasteiger partial charge is 0.108 e. The van der Waals surface area contributed by atoms with Gasteiger partial charge < -0.3 is 4.74 Å². The van der Waals surface area contributed by atoms with Crippen LogP contribution in [-0.2, 0) is 11.3 Å². The van der Waals surface area contributed by atoms with Gasteiger partial charge in [0.2, 0.25) is 0 Å². The number of rotatable bonds is 4. The summed E-state index contributed by atoms with van der Waals surface area (Å²) in [4.78, 5) is 0. The third-order valence-corrected chi connectivity index (χ3v) is 3.36. The third-order valence-electron chi connectivity index (χ3n) is 2.83. The molecule has 17 heavy (non-hydrogen) atoms. The van der Waals surface area contributed by atoms with Gasteiger partial charge in [-0.15, -0.1) is 0 Å². The second-order valence-electron chi connectivity index (χ2n) is 4.07. The lowest BCUT2D eigenvalue weighted by Gasteiger charge is -2.28. The average molecular weight is 291 g/mol. The van der Waals surface area contributed by atoms with Gasteiger partial charge in [0.1, 0.15) is 5.60 Å². The molecule has 1 atom stereocenters. The Morgan fingerprint density at radius 1 is 1.29 bits per heavy atom. The highest BCUT2D eigenvalue weighted by Gasteiger charge is 2.23. The van der Waals surface area contributed by atoms with E-state index in [2.05, 4.69) is 46.8 Å². The first-order valence-electron chi connectivity index (χ1n) is 5.60. The molecule has 0 aromatic heterocycles. The number of allylic oxidation sites excluding steroid dienone is 2. The monoisotopic (exact) mass is 290 g/mol. The highest BCUT2D eigenvalue weighted by Crippen LogP contribution is 2.25. The molecule has 2 heteroatoms. The van der Waals surface area contributed by atoms with Gasteiger partial charge in [0.15, 0.2) is 0 Å². The number of hydrogen-bond acceptors (Lipinski definition) is 1. The normalized spacial score (nSPS) is 22.6. The van der Waals surface area contributed by atoms with Gasteiger partial charge in [-0.05, 0) is 23.8 Å². The summed E-state index contributed by atoms with van der Waals surface area (Å²) in [7, 11) is 0. The van der Waals surface area contributed by atoms with Crippen LogP contribution in [0.3, 0.4) is 0 Å². The van der Waals surface area contributed by atoms with E-state index in [-0.39, 0.29) is 5.60 Å². The summed E-state index contributed by atoms with van der Waals surface area (Å²) in [5, 5.41) is 0. The molecular weight excluding hydrogens is 276 g/mol. The van der Waals surface area contributed by atoms with E-state index in [9.17, 15) is 0 Å². The first kappa shape index (κ1) is 12.3. The summed E-state index contributed by atoms with van der Waals surface area (Å²) in [5.74, 6) is 0. The van der Waals surface area contributed by atoms with Crippen LogP contribution in [0.2, 0.25) is 0 Å². The maximum absolute atomic E-state index is 5.97. The molecule has 0 fully saturated rings. The van der Waals surface area contributed by atoms with E-state index < -0.39 is 0 Å². The van der Waals surface area contributed by atoms with Crippen molar-refractivity contribution in [2.45, 2.75) is 18.6 Å². The Bertz CT molecular complexity index is 444. The molecule has 0 spiro atoms. The Morgan fingerprint density at radius 2 is 2.06 bits per heavy atom. The Hall–Kier alpha value is -1.12. The molecule has 0 saturated carbocycles. The van der Waals surface area contributed by atoms with Crippen molar-refractivity contribution in [2.24, 2.45) is 0 Å². The van der Waals surface area contributed by atoms with Crippen LogP contribution < -0.4 is 0 Å². The van der Waals surface area contributed by atoms with Gasteiger partial charge >= 0.3 is 0 Å². The largest absolute Gasteiger partial charge is 0.362 e. The quantitative estimate of drug-likeness (QED) is 0.747. The molecule has 1 nitrogen and oxygen atoms in total. The summed E-state index contributed by atoms with van der Waals surface area (Å²) in [6.07, 6.45) is 10.9. The highest BCUT2D eigenvalue weighted by molar-refractivity contribution is 9.10. The lowest BCUT2D eigenvalue weighted by atomic mass is 9.95. The van der Waals surface area contributed by atoms with Crippen LogP contribution in [0.5, 0.6) is 0 Å². The standard InChI is InChI=1S/C15H15BrO/c1-2-15(10-4-3-5-11-15)17-12-13-6-8-14(16)9-7-13/h2-10H,1,11-12H2. The maximum Gasteiger partial charge on any atom is 0.108 e. The minimum Gasteiger partial charge on any atom is -0.362 e. The zero-order chi connectivity index (χ0) is 12.1. The van der Waals surface area contributed by atoms with Gasteiger partial charge in [0.05, 0.1) is 6.61 Å². The van der Waals surface area contributed by atoms with Crippen LogP contribution in [0.25, 0.3) is 0 Å². The molecule has 2 rings (SSSR count). The third kappa shape index (κ3) is 3.18. The fourth-order valence-electron chi connectivity index (χ4n) is 1.73. The fraction of sp³-hybridized carbons (Fsp3) is 0.200. The van der Waals surface area contributed by atoms with Crippen molar-refractivity contribution >= 4 is 15.9 Å². The SMILES string of the molecule is C=CC1(OCc2ccc(Br)cc2)C=CC=CC1. The van der Waals surface area contributed by atoms with E-state index in [0.29, 0.717) is 6.61 Å². The van der Waals surface area contributed by atoms with Crippen LogP contribution in [0, 0.1) is 0 Å². The Balaban J connectivity index is 2.01. The molecule has 1 aromatic rings. The lowest BCUT2D eigenvalue weighted by molar-refractivity contribution is 0.0166. The van der Waals surface area contributed by atoms with Gasteiger partial charge in [-0.2, -0.15) is 0 Å². The summed E-state index contributed by atoms with van der Waals surface area (Å²) in [6.45, 7) is 4.46. The molecule has 0 N–H and O–H groups in total. The molecule has 0 bridgehead atoms. The topological polar surface area (TPSA) is 9.23 Å². The molecule has 88 valence electrons. The molecule has 1 unspecified atom stereocenters. The molecule has 0 amide bonds. The molecule has 0 heterocycles. The Morgan fingerprint density at radius 3 is 2.65 bits per heavy atom. The van der Waals surface area contributed by atoms with Crippen LogP contribution in [0.1, 0.15) is 12.0 Å². The molecule has 0 saturated heterocycles. The average Bonchev–Trinajstić information content (AvgIpc) is 2.39. The zero-order valence-corrected chi connectivity index (χ0v) is 11.2. The van der Waals surface area contributed by atoms with E-state index >= 15 is 0 Å². The summed E-state index contributed by atoms with van der Waals surface area (Å²) in [6, 6.07) is 8.16. The van der Waals surface area contributed by atoms with E-state index in [4.69, 9.17) is 4.74 Å². The fourth-order valence-corrected chi connectivity index (χ4v) is 2.00. The summed E-state index contributed by atoms with van der Waals surface area (Å²) in [5.41, 5.74) is 0.819. The zero-order valence-electron chi connectivity index (χ0n) is 9.60. The van der Waals surface area contributed by atoms with Crippen molar-refractivity contribution in [3.05, 3.63) is 71.3 Å². The predicted molar refractivity (Wildman–Crippen MR) is 74.8 cm³/mol. The van der Waals surface area contributed by atoms with Gasteiger partial charge in [0, 0.05) is 10.9 Å². The van der Waals surface area contributed by atoms with Crippen molar-refractivity contribution < 1.29 is 4.74 Å². The van der Waals surface area contributed by atoms with Crippen LogP contribution in [0.15, 0.2) is 65.7 Å². The van der Waals surface area contributed by atoms with Gasteiger partial charge in [-0.25, -0.2) is 0 Å². The minimum atomic E-state index is -0.345. The van der Waals surface area contributed by atoms with Crippen LogP contribution in [0.4, 0.5) is 0 Å². The molecule has 0 aliphatic heterocycles. The van der Waals surface area contributed by atoms with Gasteiger partial charge in [0.25, 0.3) is 0 Å². The molecule has 1 aliphatic carbocycles. The summed E-state index contributed by atoms with van der Waals surface area (Å²) >= 11 is 3.42. The Labute approximate surface area is 111 Å². The first-order valence-corrected chi connectivity index (χ1v) is 6.40. The molecule has 1 aliphatic rings. The number of halogens is 1. The molecule has 1 aromatic carbocycles. The minimum absolute atomic E-state index is 0.345. The molecule has 0 radical (unpaired) electrons. The second kappa shape index (κ2) is 5.48. The second-order valence-corrected chi connectivity index (χ2v) is 4.98. The van der Waals surface area contributed by atoms with Crippen LogP contribution >= 0.6 is 15.9 Å². The van der Waals surface area contributed by atoms with Crippen molar-refractivity contribution in [2.75, 3.05) is 0 Å². The number of benzene rings is 1. The number of hydrogen-bond donors (Lipinski definition) is 0. The lowest BCUT2D eigenvalue weighted by Crippen LogP contribution is -2.27. The van der Waals surface area contributed by atoms with Crippen LogP contribution in [-0.4, -0.2) is 5.60 Å². The Kier molecular flexibility index (Phi) is 3.97. The van der Waals surface area contributed by atoms with Crippen molar-refractivity contribution in [3.8, 4) is 0 Å². The number of ether oxygens (including phenoxy) is 1.